The standard InChI is InChI=1S/C20H19NOS/c1-21(2)20(22)19(16-9-4-3-5-10-16)23-18-13-12-15-8-6-7-11-17(15)14-18/h3-14,19H,1-2H3/t19-/m0/s1. The summed E-state index contributed by atoms with van der Waals surface area (Å²) in [6.45, 7) is 0. The smallest absolute Gasteiger partial charge is 0.240 e. The minimum absolute atomic E-state index is 0.106. The zero-order valence-electron chi connectivity index (χ0n) is 13.3. The molecule has 0 heterocycles. The molecule has 1 amide bonds. The molecule has 3 rings (SSSR count). The Morgan fingerprint density at radius 1 is 0.870 bits per heavy atom. The summed E-state index contributed by atoms with van der Waals surface area (Å²) in [7, 11) is 3.61. The number of rotatable bonds is 4. The molecule has 0 aromatic heterocycles. The topological polar surface area (TPSA) is 20.3 Å². The second kappa shape index (κ2) is 6.88. The quantitative estimate of drug-likeness (QED) is 0.646. The molecule has 0 bridgehead atoms. The number of carbonyl (C=O) groups is 1. The van der Waals surface area contributed by atoms with Crippen molar-refractivity contribution in [2.75, 3.05) is 14.1 Å². The summed E-state index contributed by atoms with van der Waals surface area (Å²) in [6, 6.07) is 24.6. The van der Waals surface area contributed by atoms with Crippen LogP contribution >= 0.6 is 11.8 Å². The maximum Gasteiger partial charge on any atom is 0.240 e. The molecular formula is C20H19NOS. The first-order chi connectivity index (χ1) is 11.1. The van der Waals surface area contributed by atoms with Gasteiger partial charge in [-0.25, -0.2) is 0 Å². The fraction of sp³-hybridized carbons (Fsp3) is 0.150. The van der Waals surface area contributed by atoms with Crippen molar-refractivity contribution in [2.24, 2.45) is 0 Å². The summed E-state index contributed by atoms with van der Waals surface area (Å²) >= 11 is 1.60. The van der Waals surface area contributed by atoms with Gasteiger partial charge in [-0.1, -0.05) is 60.7 Å². The molecule has 0 fully saturated rings. The Hall–Kier alpha value is -2.26. The van der Waals surface area contributed by atoms with E-state index >= 15 is 0 Å². The van der Waals surface area contributed by atoms with Gasteiger partial charge in [-0.05, 0) is 28.5 Å². The highest BCUT2D eigenvalue weighted by Gasteiger charge is 2.23. The third-order valence-corrected chi connectivity index (χ3v) is 4.98. The molecule has 3 aromatic carbocycles. The number of thioether (sulfide) groups is 1. The normalized spacial score (nSPS) is 12.1. The summed E-state index contributed by atoms with van der Waals surface area (Å²) in [5.74, 6) is 0.106. The van der Waals surface area contributed by atoms with Crippen LogP contribution in [0.4, 0.5) is 0 Å². The SMILES string of the molecule is CN(C)C(=O)[C@@H](Sc1ccc2ccccc2c1)c1ccccc1. The van der Waals surface area contributed by atoms with Crippen molar-refractivity contribution in [3.8, 4) is 0 Å². The van der Waals surface area contributed by atoms with Crippen LogP contribution in [0, 0.1) is 0 Å². The van der Waals surface area contributed by atoms with E-state index in [4.69, 9.17) is 0 Å². The van der Waals surface area contributed by atoms with E-state index in [0.29, 0.717) is 0 Å². The van der Waals surface area contributed by atoms with Crippen LogP contribution in [0.5, 0.6) is 0 Å². The van der Waals surface area contributed by atoms with E-state index in [-0.39, 0.29) is 11.2 Å². The lowest BCUT2D eigenvalue weighted by Gasteiger charge is -2.20. The first kappa shape index (κ1) is 15.6. The molecule has 0 aliphatic heterocycles. The molecule has 0 radical (unpaired) electrons. The van der Waals surface area contributed by atoms with Gasteiger partial charge in [0, 0.05) is 19.0 Å². The van der Waals surface area contributed by atoms with Gasteiger partial charge in [0.25, 0.3) is 0 Å². The van der Waals surface area contributed by atoms with E-state index in [1.54, 1.807) is 30.8 Å². The van der Waals surface area contributed by atoms with E-state index in [0.717, 1.165) is 10.5 Å². The third kappa shape index (κ3) is 3.57. The predicted molar refractivity (Wildman–Crippen MR) is 97.7 cm³/mol. The maximum absolute atomic E-state index is 12.6. The number of amides is 1. The Labute approximate surface area is 141 Å². The summed E-state index contributed by atoms with van der Waals surface area (Å²) in [5, 5.41) is 2.18. The first-order valence-electron chi connectivity index (χ1n) is 7.57. The van der Waals surface area contributed by atoms with Crippen molar-refractivity contribution < 1.29 is 4.79 Å². The Balaban J connectivity index is 1.95. The molecule has 0 aliphatic carbocycles. The minimum atomic E-state index is -0.229. The van der Waals surface area contributed by atoms with Crippen molar-refractivity contribution in [1.82, 2.24) is 4.90 Å². The number of nitrogens with zero attached hydrogens (tertiary/aromatic N) is 1. The molecule has 0 aliphatic rings. The van der Waals surface area contributed by atoms with Crippen molar-refractivity contribution in [3.05, 3.63) is 78.4 Å². The lowest BCUT2D eigenvalue weighted by atomic mass is 10.1. The Kier molecular flexibility index (Phi) is 4.68. The van der Waals surface area contributed by atoms with Crippen LogP contribution in [0.15, 0.2) is 77.7 Å². The molecular weight excluding hydrogens is 302 g/mol. The molecule has 0 unspecified atom stereocenters. The van der Waals surface area contributed by atoms with Crippen molar-refractivity contribution in [2.45, 2.75) is 10.1 Å². The highest BCUT2D eigenvalue weighted by molar-refractivity contribution is 8.00. The van der Waals surface area contributed by atoms with Crippen LogP contribution in [0.25, 0.3) is 10.8 Å². The highest BCUT2D eigenvalue weighted by atomic mass is 32.2. The number of hydrogen-bond acceptors (Lipinski definition) is 2. The van der Waals surface area contributed by atoms with E-state index in [1.807, 2.05) is 42.5 Å². The predicted octanol–water partition coefficient (Wildman–Crippen LogP) is 4.76. The summed E-state index contributed by atoms with van der Waals surface area (Å²) in [5.41, 5.74) is 1.03. The second-order valence-electron chi connectivity index (χ2n) is 5.65. The summed E-state index contributed by atoms with van der Waals surface area (Å²) < 4.78 is 0. The number of carbonyl (C=O) groups excluding carboxylic acids is 1. The van der Waals surface area contributed by atoms with Gasteiger partial charge >= 0.3 is 0 Å². The van der Waals surface area contributed by atoms with Gasteiger partial charge in [-0.3, -0.25) is 4.79 Å². The van der Waals surface area contributed by atoms with Crippen LogP contribution in [0.3, 0.4) is 0 Å². The first-order valence-corrected chi connectivity index (χ1v) is 8.45. The Morgan fingerprint density at radius 2 is 1.52 bits per heavy atom. The molecule has 2 nitrogen and oxygen atoms in total. The van der Waals surface area contributed by atoms with Crippen molar-refractivity contribution in [3.63, 3.8) is 0 Å². The van der Waals surface area contributed by atoms with Crippen LogP contribution < -0.4 is 0 Å². The molecule has 0 saturated carbocycles. The van der Waals surface area contributed by atoms with Gasteiger partial charge in [0.05, 0.1) is 0 Å². The summed E-state index contributed by atoms with van der Waals surface area (Å²) in [4.78, 5) is 15.4. The van der Waals surface area contributed by atoms with Crippen LogP contribution in [0.1, 0.15) is 10.8 Å². The largest absolute Gasteiger partial charge is 0.348 e. The van der Waals surface area contributed by atoms with Crippen molar-refractivity contribution in [1.29, 1.82) is 0 Å². The highest BCUT2D eigenvalue weighted by Crippen LogP contribution is 2.37. The monoisotopic (exact) mass is 321 g/mol. The van der Waals surface area contributed by atoms with Gasteiger partial charge in [0.1, 0.15) is 5.25 Å². The minimum Gasteiger partial charge on any atom is -0.348 e. The molecule has 0 spiro atoms. The van der Waals surface area contributed by atoms with Gasteiger partial charge in [-0.15, -0.1) is 11.8 Å². The average molecular weight is 321 g/mol. The van der Waals surface area contributed by atoms with Crippen LogP contribution in [-0.2, 0) is 4.79 Å². The zero-order valence-corrected chi connectivity index (χ0v) is 14.1. The second-order valence-corrected chi connectivity index (χ2v) is 6.83. The van der Waals surface area contributed by atoms with Gasteiger partial charge < -0.3 is 4.90 Å². The average Bonchev–Trinajstić information content (AvgIpc) is 2.59. The lowest BCUT2D eigenvalue weighted by molar-refractivity contribution is -0.128. The van der Waals surface area contributed by atoms with E-state index in [2.05, 4.69) is 30.3 Å². The zero-order chi connectivity index (χ0) is 16.2. The van der Waals surface area contributed by atoms with Gasteiger partial charge in [-0.2, -0.15) is 0 Å². The molecule has 23 heavy (non-hydrogen) atoms. The van der Waals surface area contributed by atoms with Gasteiger partial charge in [0.2, 0.25) is 5.91 Å². The van der Waals surface area contributed by atoms with Crippen LogP contribution in [-0.4, -0.2) is 24.9 Å². The molecule has 3 aromatic rings. The molecule has 0 N–H and O–H groups in total. The van der Waals surface area contributed by atoms with E-state index in [9.17, 15) is 4.79 Å². The van der Waals surface area contributed by atoms with E-state index < -0.39 is 0 Å². The number of benzene rings is 3. The van der Waals surface area contributed by atoms with E-state index in [1.165, 1.54) is 10.8 Å². The Morgan fingerprint density at radius 3 is 2.22 bits per heavy atom. The Bertz CT molecular complexity index is 814. The molecule has 0 saturated heterocycles. The molecule has 1 atom stereocenters. The number of likely N-dealkylation sites (N-methyl/N-ethyl adjacent to an activating group) is 1. The van der Waals surface area contributed by atoms with Gasteiger partial charge in [0.15, 0.2) is 0 Å². The summed E-state index contributed by atoms with van der Waals surface area (Å²) in [6.07, 6.45) is 0. The maximum atomic E-state index is 12.6. The fourth-order valence-corrected chi connectivity index (χ4v) is 3.72. The third-order valence-electron chi connectivity index (χ3n) is 3.74. The lowest BCUT2D eigenvalue weighted by Crippen LogP contribution is -2.26. The molecule has 116 valence electrons. The fourth-order valence-electron chi connectivity index (χ4n) is 2.50. The van der Waals surface area contributed by atoms with Crippen molar-refractivity contribution >= 4 is 28.4 Å². The number of fused-ring (bicyclic) bond motifs is 1. The van der Waals surface area contributed by atoms with Crippen LogP contribution in [0.2, 0.25) is 0 Å². The number of hydrogen-bond donors (Lipinski definition) is 0. The molecule has 3 heteroatoms.